The fraction of sp³-hybridized carbons (Fsp3) is 0.611. The van der Waals surface area contributed by atoms with Crippen LogP contribution in [0.3, 0.4) is 0 Å². The van der Waals surface area contributed by atoms with Gasteiger partial charge in [-0.05, 0) is 66.7 Å². The Hall–Kier alpha value is -1.11. The molecule has 3 fully saturated rings. The van der Waals surface area contributed by atoms with Crippen molar-refractivity contribution in [2.75, 3.05) is 6.61 Å². The van der Waals surface area contributed by atoms with Crippen LogP contribution in [0.5, 0.6) is 0 Å². The summed E-state index contributed by atoms with van der Waals surface area (Å²) in [5, 5.41) is 1.54. The molecular weight excluding hydrogens is 232 g/mol. The van der Waals surface area contributed by atoms with Gasteiger partial charge in [0.05, 0.1) is 12.0 Å². The van der Waals surface area contributed by atoms with E-state index < -0.39 is 0 Å². The molecule has 0 unspecified atom stereocenters. The third-order valence-corrected chi connectivity index (χ3v) is 6.29. The van der Waals surface area contributed by atoms with Gasteiger partial charge in [-0.1, -0.05) is 12.0 Å². The van der Waals surface area contributed by atoms with Crippen LogP contribution in [0.1, 0.15) is 37.7 Å². The van der Waals surface area contributed by atoms with Crippen LogP contribution in [0.2, 0.25) is 0 Å². The highest BCUT2D eigenvalue weighted by Gasteiger charge is 2.51. The molecule has 1 heterocycles. The van der Waals surface area contributed by atoms with Crippen molar-refractivity contribution >= 4 is 5.57 Å². The van der Waals surface area contributed by atoms with E-state index in [0.29, 0.717) is 0 Å². The molecule has 0 N–H and O–H groups in total. The number of rotatable bonds is 0. The lowest BCUT2D eigenvalue weighted by Gasteiger charge is -2.26. The second-order valence-electron chi connectivity index (χ2n) is 7.01. The Morgan fingerprint density at radius 2 is 2.05 bits per heavy atom. The summed E-state index contributed by atoms with van der Waals surface area (Å²) in [7, 11) is 0. The first-order chi connectivity index (χ1) is 9.40. The van der Waals surface area contributed by atoms with Crippen molar-refractivity contribution < 1.29 is 0 Å². The number of benzene rings is 1. The lowest BCUT2D eigenvalue weighted by molar-refractivity contribution is 0.324. The van der Waals surface area contributed by atoms with Gasteiger partial charge in [-0.25, -0.2) is 0 Å². The molecule has 3 saturated carbocycles. The Morgan fingerprint density at radius 3 is 3.05 bits per heavy atom. The zero-order valence-electron chi connectivity index (χ0n) is 11.4. The second kappa shape index (κ2) is 3.71. The van der Waals surface area contributed by atoms with Gasteiger partial charge in [-0.3, -0.25) is 4.42 Å². The molecule has 0 spiro atoms. The Bertz CT molecular complexity index is 657. The largest absolute Gasteiger partial charge is 0.347 e. The summed E-state index contributed by atoms with van der Waals surface area (Å²) in [5.41, 5.74) is 4.37. The average molecular weight is 253 g/mol. The molecule has 1 aromatic rings. The fourth-order valence-electron chi connectivity index (χ4n) is 5.57. The summed E-state index contributed by atoms with van der Waals surface area (Å²) in [6.07, 6.45) is 8.52. The molecule has 0 radical (unpaired) electrons. The highest BCUT2D eigenvalue weighted by molar-refractivity contribution is 5.54. The van der Waals surface area contributed by atoms with E-state index in [-0.39, 0.29) is 0 Å². The highest BCUT2D eigenvalue weighted by Crippen LogP contribution is 2.61. The number of hydrogen-bond donors (Lipinski definition) is 0. The van der Waals surface area contributed by atoms with Gasteiger partial charge in [-0.2, -0.15) is 0 Å². The van der Waals surface area contributed by atoms with E-state index in [0.717, 1.165) is 42.1 Å². The van der Waals surface area contributed by atoms with Crippen LogP contribution in [0.4, 0.5) is 0 Å². The monoisotopic (exact) mass is 253 g/mol. The van der Waals surface area contributed by atoms with Crippen molar-refractivity contribution in [1.82, 2.24) is 0 Å². The third-order valence-electron chi connectivity index (χ3n) is 6.29. The first-order valence-corrected chi connectivity index (χ1v) is 8.02. The van der Waals surface area contributed by atoms with Crippen molar-refractivity contribution in [3.63, 3.8) is 0 Å². The van der Waals surface area contributed by atoms with Crippen LogP contribution in [0.15, 0.2) is 22.6 Å². The normalized spacial score (nSPS) is 41.3. The molecule has 4 aliphatic rings. The Labute approximate surface area is 114 Å². The van der Waals surface area contributed by atoms with E-state index in [4.69, 9.17) is 4.42 Å². The standard InChI is InChI=1S/C18H21O/c1-2-14-13-9-16(17(10-13)15(14)3-1)11-4-5-18-12(8-11)6-7-19-18/h4-5,8,13-15,17H,1-3,6-7,9-10H2/q+1/b16-11+/t13-,14-,15-,17+/m1/s1. The molecule has 1 aromatic carbocycles. The number of fused-ring (bicyclic) bond motifs is 6. The number of hydrogen-bond acceptors (Lipinski definition) is 0. The Morgan fingerprint density at radius 1 is 1.11 bits per heavy atom. The Kier molecular flexibility index (Phi) is 2.08. The molecule has 3 aliphatic carbocycles. The maximum absolute atomic E-state index is 5.64. The molecule has 1 heteroatoms. The minimum atomic E-state index is 0.880. The molecule has 0 amide bonds. The van der Waals surface area contributed by atoms with Crippen molar-refractivity contribution in [2.45, 2.75) is 38.5 Å². The van der Waals surface area contributed by atoms with E-state index in [2.05, 4.69) is 18.2 Å². The van der Waals surface area contributed by atoms with Gasteiger partial charge in [-0.15, -0.1) is 0 Å². The third kappa shape index (κ3) is 1.39. The smallest absolute Gasteiger partial charge is 0.254 e. The Balaban J connectivity index is 1.64. The summed E-state index contributed by atoms with van der Waals surface area (Å²) in [6.45, 7) is 0.880. The first kappa shape index (κ1) is 10.7. The maximum Gasteiger partial charge on any atom is 0.347 e. The summed E-state index contributed by atoms with van der Waals surface area (Å²) in [4.78, 5) is 0. The zero-order chi connectivity index (χ0) is 12.4. The summed E-state index contributed by atoms with van der Waals surface area (Å²) >= 11 is 0. The van der Waals surface area contributed by atoms with Crippen LogP contribution in [0.25, 0.3) is 5.57 Å². The molecule has 2 bridgehead atoms. The molecule has 0 aromatic heterocycles. The van der Waals surface area contributed by atoms with Crippen LogP contribution < -0.4 is 10.6 Å². The molecule has 98 valence electrons. The van der Waals surface area contributed by atoms with Gasteiger partial charge in [0.15, 0.2) is 0 Å². The van der Waals surface area contributed by atoms with Crippen LogP contribution in [-0.2, 0) is 6.42 Å². The van der Waals surface area contributed by atoms with Crippen LogP contribution in [-0.4, -0.2) is 6.61 Å². The molecule has 4 atom stereocenters. The van der Waals surface area contributed by atoms with E-state index >= 15 is 0 Å². The summed E-state index contributed by atoms with van der Waals surface area (Å²) < 4.78 is 5.64. The van der Waals surface area contributed by atoms with Crippen molar-refractivity contribution in [3.05, 3.63) is 38.8 Å². The minimum Gasteiger partial charge on any atom is -0.254 e. The van der Waals surface area contributed by atoms with E-state index in [1.807, 2.05) is 0 Å². The summed E-state index contributed by atoms with van der Waals surface area (Å²) in [6, 6.07) is 6.97. The molecule has 1 nitrogen and oxygen atoms in total. The van der Waals surface area contributed by atoms with Crippen LogP contribution in [0, 0.1) is 23.7 Å². The molecule has 5 rings (SSSR count). The van der Waals surface area contributed by atoms with Gasteiger partial charge in [0, 0.05) is 6.07 Å². The van der Waals surface area contributed by atoms with Gasteiger partial charge < -0.3 is 0 Å². The predicted octanol–water partition coefficient (Wildman–Crippen LogP) is 2.46. The van der Waals surface area contributed by atoms with Gasteiger partial charge >= 0.3 is 5.43 Å². The second-order valence-corrected chi connectivity index (χ2v) is 7.01. The van der Waals surface area contributed by atoms with Crippen LogP contribution >= 0.6 is 0 Å². The topological polar surface area (TPSA) is 11.3 Å². The first-order valence-electron chi connectivity index (χ1n) is 8.02. The maximum atomic E-state index is 5.64. The van der Waals surface area contributed by atoms with Crippen molar-refractivity contribution in [3.8, 4) is 0 Å². The molecule has 0 saturated heterocycles. The molecule has 1 aliphatic heterocycles. The van der Waals surface area contributed by atoms with Crippen molar-refractivity contribution in [1.29, 1.82) is 0 Å². The van der Waals surface area contributed by atoms with Gasteiger partial charge in [0.2, 0.25) is 0 Å². The van der Waals surface area contributed by atoms with Gasteiger partial charge in [0.25, 0.3) is 6.61 Å². The molecular formula is C18H21O+. The predicted molar refractivity (Wildman–Crippen MR) is 77.0 cm³/mol. The van der Waals surface area contributed by atoms with E-state index in [1.54, 1.807) is 10.8 Å². The summed E-state index contributed by atoms with van der Waals surface area (Å²) in [5.74, 6) is 4.08. The SMILES string of the molecule is c1c/c(=C2/C[C@@H]3C[C@H]2[C@@H]2CCC[C@H]32)cc2c1=[O+]CC2. The van der Waals surface area contributed by atoms with E-state index in [9.17, 15) is 0 Å². The fourth-order valence-corrected chi connectivity index (χ4v) is 5.57. The average Bonchev–Trinajstić information content (AvgIpc) is 3.18. The van der Waals surface area contributed by atoms with E-state index in [1.165, 1.54) is 37.7 Å². The van der Waals surface area contributed by atoms with Crippen molar-refractivity contribution in [2.24, 2.45) is 23.7 Å². The quantitative estimate of drug-likeness (QED) is 0.629. The minimum absolute atomic E-state index is 0.880. The molecule has 19 heavy (non-hydrogen) atoms. The highest BCUT2D eigenvalue weighted by atomic mass is 16.4. The lowest BCUT2D eigenvalue weighted by Crippen LogP contribution is -2.23. The zero-order valence-corrected chi connectivity index (χ0v) is 11.4. The lowest BCUT2D eigenvalue weighted by atomic mass is 9.78. The van der Waals surface area contributed by atoms with Gasteiger partial charge in [0.1, 0.15) is 0 Å².